The lowest BCUT2D eigenvalue weighted by atomic mass is 10.2. The summed E-state index contributed by atoms with van der Waals surface area (Å²) in [6.45, 7) is 0.138. The molecule has 1 aromatic heterocycles. The van der Waals surface area contributed by atoms with Crippen molar-refractivity contribution in [3.63, 3.8) is 0 Å². The van der Waals surface area contributed by atoms with Crippen LogP contribution in [0.25, 0.3) is 0 Å². The standard InChI is InChI=1S/C11H8BrFN2O/c12-9-5-11(16)15(14-6-9)7-8-3-1-2-4-10(8)13/h1-6H,7H2. The highest BCUT2D eigenvalue weighted by Gasteiger charge is 2.04. The molecule has 0 spiro atoms. The van der Waals surface area contributed by atoms with Crippen LogP contribution in [-0.4, -0.2) is 9.78 Å². The van der Waals surface area contributed by atoms with E-state index in [4.69, 9.17) is 0 Å². The van der Waals surface area contributed by atoms with Gasteiger partial charge in [0.15, 0.2) is 0 Å². The Hall–Kier alpha value is -1.49. The summed E-state index contributed by atoms with van der Waals surface area (Å²) < 4.78 is 15.2. The number of halogens is 2. The van der Waals surface area contributed by atoms with E-state index in [1.54, 1.807) is 18.2 Å². The lowest BCUT2D eigenvalue weighted by molar-refractivity contribution is 0.571. The van der Waals surface area contributed by atoms with Crippen molar-refractivity contribution < 1.29 is 4.39 Å². The van der Waals surface area contributed by atoms with Crippen LogP contribution in [0, 0.1) is 5.82 Å². The average Bonchev–Trinajstić information content (AvgIpc) is 2.25. The van der Waals surface area contributed by atoms with Crippen LogP contribution in [-0.2, 0) is 6.54 Å². The molecule has 1 aromatic carbocycles. The Morgan fingerprint density at radius 3 is 2.81 bits per heavy atom. The average molecular weight is 283 g/mol. The van der Waals surface area contributed by atoms with E-state index in [-0.39, 0.29) is 17.9 Å². The molecule has 1 heterocycles. The summed E-state index contributed by atoms with van der Waals surface area (Å²) in [6.07, 6.45) is 1.50. The minimum Gasteiger partial charge on any atom is -0.268 e. The van der Waals surface area contributed by atoms with E-state index in [1.165, 1.54) is 23.0 Å². The highest BCUT2D eigenvalue weighted by molar-refractivity contribution is 9.10. The second-order valence-corrected chi connectivity index (χ2v) is 4.18. The molecule has 5 heteroatoms. The van der Waals surface area contributed by atoms with Crippen molar-refractivity contribution >= 4 is 15.9 Å². The molecule has 0 amide bonds. The molecule has 0 saturated heterocycles. The van der Waals surface area contributed by atoms with Gasteiger partial charge in [-0.2, -0.15) is 5.10 Å². The van der Waals surface area contributed by atoms with Gasteiger partial charge in [0.2, 0.25) is 0 Å². The highest BCUT2D eigenvalue weighted by Crippen LogP contribution is 2.07. The molecule has 2 rings (SSSR count). The molecule has 0 N–H and O–H groups in total. The van der Waals surface area contributed by atoms with Crippen LogP contribution in [0.15, 0.2) is 45.8 Å². The molecule has 0 aliphatic carbocycles. The molecule has 0 radical (unpaired) electrons. The highest BCUT2D eigenvalue weighted by atomic mass is 79.9. The van der Waals surface area contributed by atoms with Crippen molar-refractivity contribution in [2.45, 2.75) is 6.54 Å². The third-order valence-corrected chi connectivity index (χ3v) is 2.55. The summed E-state index contributed by atoms with van der Waals surface area (Å²) >= 11 is 3.15. The maximum atomic E-state index is 13.3. The molecule has 0 unspecified atom stereocenters. The van der Waals surface area contributed by atoms with Gasteiger partial charge in [-0.15, -0.1) is 0 Å². The first-order valence-corrected chi connectivity index (χ1v) is 5.42. The van der Waals surface area contributed by atoms with Gasteiger partial charge < -0.3 is 0 Å². The number of rotatable bonds is 2. The maximum absolute atomic E-state index is 13.3. The van der Waals surface area contributed by atoms with Crippen LogP contribution in [0.2, 0.25) is 0 Å². The first kappa shape index (κ1) is 11.0. The molecule has 82 valence electrons. The number of benzene rings is 1. The Morgan fingerprint density at radius 1 is 1.38 bits per heavy atom. The van der Waals surface area contributed by atoms with Gasteiger partial charge in [-0.05, 0) is 22.0 Å². The van der Waals surface area contributed by atoms with E-state index in [1.807, 2.05) is 0 Å². The van der Waals surface area contributed by atoms with Gasteiger partial charge in [0.25, 0.3) is 5.56 Å². The number of hydrogen-bond acceptors (Lipinski definition) is 2. The third kappa shape index (κ3) is 2.36. The van der Waals surface area contributed by atoms with Crippen molar-refractivity contribution in [2.75, 3.05) is 0 Å². The van der Waals surface area contributed by atoms with E-state index >= 15 is 0 Å². The van der Waals surface area contributed by atoms with Gasteiger partial charge in [0.05, 0.1) is 12.7 Å². The third-order valence-electron chi connectivity index (χ3n) is 2.11. The summed E-state index contributed by atoms with van der Waals surface area (Å²) in [5, 5.41) is 3.90. The molecule has 0 fully saturated rings. The lowest BCUT2D eigenvalue weighted by Gasteiger charge is -2.04. The molecule has 3 nitrogen and oxygen atoms in total. The van der Waals surface area contributed by atoms with Crippen molar-refractivity contribution in [3.05, 3.63) is 62.7 Å². The Morgan fingerprint density at radius 2 is 2.12 bits per heavy atom. The summed E-state index contributed by atoms with van der Waals surface area (Å²) in [7, 11) is 0. The normalized spacial score (nSPS) is 10.4. The zero-order valence-corrected chi connectivity index (χ0v) is 9.82. The Bertz CT molecular complexity index is 568. The van der Waals surface area contributed by atoms with Crippen LogP contribution in [0.4, 0.5) is 4.39 Å². The van der Waals surface area contributed by atoms with E-state index < -0.39 is 0 Å². The van der Waals surface area contributed by atoms with Crippen molar-refractivity contribution in [2.24, 2.45) is 0 Å². The van der Waals surface area contributed by atoms with E-state index in [0.29, 0.717) is 10.0 Å². The van der Waals surface area contributed by atoms with Crippen LogP contribution >= 0.6 is 15.9 Å². The second-order valence-electron chi connectivity index (χ2n) is 3.26. The predicted molar refractivity (Wildman–Crippen MR) is 61.7 cm³/mol. The van der Waals surface area contributed by atoms with E-state index in [0.717, 1.165) is 0 Å². The molecular formula is C11H8BrFN2O. The minimum atomic E-state index is -0.334. The Balaban J connectivity index is 2.35. The first-order valence-electron chi connectivity index (χ1n) is 4.63. The van der Waals surface area contributed by atoms with E-state index in [2.05, 4.69) is 21.0 Å². The van der Waals surface area contributed by atoms with Crippen LogP contribution in [0.1, 0.15) is 5.56 Å². The molecule has 2 aromatic rings. The van der Waals surface area contributed by atoms with Crippen LogP contribution in [0.3, 0.4) is 0 Å². The fourth-order valence-electron chi connectivity index (χ4n) is 1.32. The Labute approximate surface area is 99.7 Å². The first-order chi connectivity index (χ1) is 7.66. The summed E-state index contributed by atoms with van der Waals surface area (Å²) in [5.41, 5.74) is 0.178. The van der Waals surface area contributed by atoms with Crippen molar-refractivity contribution in [1.29, 1.82) is 0 Å². The lowest BCUT2D eigenvalue weighted by Crippen LogP contribution is -2.22. The minimum absolute atomic E-state index is 0.138. The van der Waals surface area contributed by atoms with Gasteiger partial charge in [0.1, 0.15) is 5.82 Å². The molecule has 0 aliphatic heterocycles. The van der Waals surface area contributed by atoms with Gasteiger partial charge in [-0.1, -0.05) is 18.2 Å². The predicted octanol–water partition coefficient (Wildman–Crippen LogP) is 2.19. The molecule has 0 saturated carbocycles. The van der Waals surface area contributed by atoms with Gasteiger partial charge in [0, 0.05) is 16.1 Å². The van der Waals surface area contributed by atoms with Crippen molar-refractivity contribution in [1.82, 2.24) is 9.78 Å². The monoisotopic (exact) mass is 282 g/mol. The number of nitrogens with zero attached hydrogens (tertiary/aromatic N) is 2. The molecule has 0 bridgehead atoms. The summed E-state index contributed by atoms with van der Waals surface area (Å²) in [5.74, 6) is -0.334. The fraction of sp³-hybridized carbons (Fsp3) is 0.0909. The fourth-order valence-corrected chi connectivity index (χ4v) is 1.61. The van der Waals surface area contributed by atoms with Crippen LogP contribution in [0.5, 0.6) is 0 Å². The molecular weight excluding hydrogens is 275 g/mol. The quantitative estimate of drug-likeness (QED) is 0.846. The number of hydrogen-bond donors (Lipinski definition) is 0. The molecule has 0 aliphatic rings. The van der Waals surface area contributed by atoms with E-state index in [9.17, 15) is 9.18 Å². The van der Waals surface area contributed by atoms with Gasteiger partial charge in [-0.25, -0.2) is 9.07 Å². The molecule has 16 heavy (non-hydrogen) atoms. The van der Waals surface area contributed by atoms with Gasteiger partial charge in [-0.3, -0.25) is 4.79 Å². The maximum Gasteiger partial charge on any atom is 0.268 e. The molecule has 0 atom stereocenters. The summed E-state index contributed by atoms with van der Waals surface area (Å²) in [6, 6.07) is 7.72. The zero-order valence-electron chi connectivity index (χ0n) is 8.23. The summed E-state index contributed by atoms with van der Waals surface area (Å²) in [4.78, 5) is 11.5. The van der Waals surface area contributed by atoms with Crippen LogP contribution < -0.4 is 5.56 Å². The second kappa shape index (κ2) is 4.57. The SMILES string of the molecule is O=c1cc(Br)cnn1Cc1ccccc1F. The van der Waals surface area contributed by atoms with Crippen molar-refractivity contribution in [3.8, 4) is 0 Å². The topological polar surface area (TPSA) is 34.9 Å². The smallest absolute Gasteiger partial charge is 0.268 e. The largest absolute Gasteiger partial charge is 0.268 e. The van der Waals surface area contributed by atoms with Gasteiger partial charge >= 0.3 is 0 Å². The number of aromatic nitrogens is 2. The Kier molecular flexibility index (Phi) is 3.14. The zero-order chi connectivity index (χ0) is 11.5.